The van der Waals surface area contributed by atoms with Crippen molar-refractivity contribution in [2.24, 2.45) is 5.92 Å². The van der Waals surface area contributed by atoms with Crippen LogP contribution in [-0.2, 0) is 0 Å². The first-order valence-electron chi connectivity index (χ1n) is 10.2. The molecule has 5 heteroatoms. The van der Waals surface area contributed by atoms with Crippen LogP contribution < -0.4 is 10.2 Å². The highest BCUT2D eigenvalue weighted by molar-refractivity contribution is 5.85. The number of benzene rings is 1. The molecule has 0 spiro atoms. The summed E-state index contributed by atoms with van der Waals surface area (Å²) in [6.45, 7) is 7.18. The Bertz CT molecular complexity index is 486. The first-order valence-corrected chi connectivity index (χ1v) is 10.2. The van der Waals surface area contributed by atoms with Gasteiger partial charge in [-0.2, -0.15) is 0 Å². The molecule has 26 heavy (non-hydrogen) atoms. The third-order valence-electron chi connectivity index (χ3n) is 6.35. The summed E-state index contributed by atoms with van der Waals surface area (Å²) < 4.78 is 0. The maximum Gasteiger partial charge on any atom is 0.0377 e. The largest absolute Gasteiger partial charge is 0.372 e. The molecule has 3 aliphatic rings. The molecule has 0 amide bonds. The van der Waals surface area contributed by atoms with Crippen molar-refractivity contribution < 1.29 is 0 Å². The van der Waals surface area contributed by atoms with Gasteiger partial charge in [-0.15, -0.1) is 24.8 Å². The Kier molecular flexibility index (Phi) is 9.02. The van der Waals surface area contributed by atoms with Gasteiger partial charge >= 0.3 is 0 Å². The molecule has 1 atom stereocenters. The smallest absolute Gasteiger partial charge is 0.0377 e. The highest BCUT2D eigenvalue weighted by Crippen LogP contribution is 2.39. The minimum atomic E-state index is 0. The number of rotatable bonds is 4. The normalized spacial score (nSPS) is 23.2. The van der Waals surface area contributed by atoms with Gasteiger partial charge in [0.25, 0.3) is 0 Å². The number of piperazine rings is 1. The second-order valence-electron chi connectivity index (χ2n) is 7.91. The van der Waals surface area contributed by atoms with Crippen molar-refractivity contribution >= 4 is 30.5 Å². The summed E-state index contributed by atoms with van der Waals surface area (Å²) in [5.41, 5.74) is 2.99. The zero-order valence-electron chi connectivity index (χ0n) is 15.9. The molecule has 3 fully saturated rings. The summed E-state index contributed by atoms with van der Waals surface area (Å²) >= 11 is 0. The SMILES string of the molecule is Cl.Cl.c1cc(N2CCCC2)ccc1[C@H](C1CCCCC1)N1CCNCC1. The zero-order chi connectivity index (χ0) is 16.2. The highest BCUT2D eigenvalue weighted by Gasteiger charge is 2.30. The molecule has 148 valence electrons. The Morgan fingerprint density at radius 3 is 2.00 bits per heavy atom. The van der Waals surface area contributed by atoms with E-state index < -0.39 is 0 Å². The van der Waals surface area contributed by atoms with E-state index in [4.69, 9.17) is 0 Å². The van der Waals surface area contributed by atoms with E-state index in [2.05, 4.69) is 39.4 Å². The number of halogens is 2. The summed E-state index contributed by atoms with van der Waals surface area (Å²) in [5, 5.41) is 3.52. The fourth-order valence-corrected chi connectivity index (χ4v) is 5.05. The number of hydrogen-bond donors (Lipinski definition) is 1. The van der Waals surface area contributed by atoms with E-state index >= 15 is 0 Å². The fraction of sp³-hybridized carbons (Fsp3) is 0.714. The summed E-state index contributed by atoms with van der Waals surface area (Å²) in [4.78, 5) is 5.31. The molecule has 1 N–H and O–H groups in total. The maximum absolute atomic E-state index is 3.52. The molecule has 0 bridgehead atoms. The summed E-state index contributed by atoms with van der Waals surface area (Å²) in [7, 11) is 0. The van der Waals surface area contributed by atoms with E-state index in [1.165, 1.54) is 76.8 Å². The van der Waals surface area contributed by atoms with Crippen LogP contribution in [0.25, 0.3) is 0 Å². The van der Waals surface area contributed by atoms with Gasteiger partial charge in [0.2, 0.25) is 0 Å². The zero-order valence-corrected chi connectivity index (χ0v) is 17.5. The molecule has 3 nitrogen and oxygen atoms in total. The number of anilines is 1. The summed E-state index contributed by atoms with van der Waals surface area (Å²) in [5.74, 6) is 0.856. The van der Waals surface area contributed by atoms with Crippen molar-refractivity contribution in [3.05, 3.63) is 29.8 Å². The lowest BCUT2D eigenvalue weighted by Crippen LogP contribution is -2.47. The van der Waals surface area contributed by atoms with E-state index in [9.17, 15) is 0 Å². The maximum atomic E-state index is 3.52. The lowest BCUT2D eigenvalue weighted by molar-refractivity contribution is 0.103. The van der Waals surface area contributed by atoms with E-state index in [0.717, 1.165) is 19.0 Å². The van der Waals surface area contributed by atoms with Crippen LogP contribution in [0, 0.1) is 5.92 Å². The second-order valence-corrected chi connectivity index (χ2v) is 7.91. The van der Waals surface area contributed by atoms with Gasteiger partial charge in [-0.3, -0.25) is 4.90 Å². The molecule has 4 rings (SSSR count). The number of nitrogens with one attached hydrogen (secondary N) is 1. The first-order chi connectivity index (χ1) is 11.9. The van der Waals surface area contributed by atoms with E-state index in [1.54, 1.807) is 5.56 Å². The van der Waals surface area contributed by atoms with Crippen LogP contribution in [0.5, 0.6) is 0 Å². The van der Waals surface area contributed by atoms with Crippen molar-refractivity contribution in [3.8, 4) is 0 Å². The van der Waals surface area contributed by atoms with Crippen LogP contribution in [0.1, 0.15) is 56.6 Å². The minimum Gasteiger partial charge on any atom is -0.372 e. The van der Waals surface area contributed by atoms with Gasteiger partial charge in [0.15, 0.2) is 0 Å². The highest BCUT2D eigenvalue weighted by atomic mass is 35.5. The van der Waals surface area contributed by atoms with Gasteiger partial charge in [-0.25, -0.2) is 0 Å². The fourth-order valence-electron chi connectivity index (χ4n) is 5.05. The number of nitrogens with zero attached hydrogens (tertiary/aromatic N) is 2. The van der Waals surface area contributed by atoms with Gasteiger partial charge in [-0.05, 0) is 49.3 Å². The summed E-state index contributed by atoms with van der Waals surface area (Å²) in [6, 6.07) is 10.3. The molecule has 2 aliphatic heterocycles. The molecule has 1 saturated carbocycles. The van der Waals surface area contributed by atoms with Gasteiger partial charge in [-0.1, -0.05) is 31.4 Å². The summed E-state index contributed by atoms with van der Waals surface area (Å²) in [6.07, 6.45) is 9.85. The predicted molar refractivity (Wildman–Crippen MR) is 116 cm³/mol. The third-order valence-corrected chi connectivity index (χ3v) is 6.35. The number of hydrogen-bond acceptors (Lipinski definition) is 3. The minimum absolute atomic E-state index is 0. The Morgan fingerprint density at radius 1 is 0.769 bits per heavy atom. The van der Waals surface area contributed by atoms with Crippen LogP contribution in [0.2, 0.25) is 0 Å². The molecular weight excluding hydrogens is 365 g/mol. The Morgan fingerprint density at radius 2 is 1.38 bits per heavy atom. The van der Waals surface area contributed by atoms with Crippen LogP contribution in [0.4, 0.5) is 5.69 Å². The average molecular weight is 400 g/mol. The molecular formula is C21H35Cl2N3. The van der Waals surface area contributed by atoms with Crippen molar-refractivity contribution in [2.45, 2.75) is 51.0 Å². The topological polar surface area (TPSA) is 18.5 Å². The van der Waals surface area contributed by atoms with Crippen LogP contribution in [0.15, 0.2) is 24.3 Å². The van der Waals surface area contributed by atoms with E-state index in [1.807, 2.05) is 0 Å². The van der Waals surface area contributed by atoms with Gasteiger partial charge in [0.05, 0.1) is 0 Å². The lowest BCUT2D eigenvalue weighted by Gasteiger charge is -2.41. The van der Waals surface area contributed by atoms with Crippen molar-refractivity contribution in [3.63, 3.8) is 0 Å². The molecule has 2 heterocycles. The molecule has 0 radical (unpaired) electrons. The first kappa shape index (κ1) is 21.8. The molecule has 2 saturated heterocycles. The monoisotopic (exact) mass is 399 g/mol. The van der Waals surface area contributed by atoms with Crippen molar-refractivity contribution in [2.75, 3.05) is 44.2 Å². The van der Waals surface area contributed by atoms with Crippen molar-refractivity contribution in [1.82, 2.24) is 10.2 Å². The van der Waals surface area contributed by atoms with Crippen molar-refractivity contribution in [1.29, 1.82) is 0 Å². The molecule has 1 aromatic rings. The average Bonchev–Trinajstić information content (AvgIpc) is 3.19. The van der Waals surface area contributed by atoms with Gasteiger partial charge < -0.3 is 10.2 Å². The molecule has 0 aromatic heterocycles. The predicted octanol–water partition coefficient (Wildman–Crippen LogP) is 4.66. The second kappa shape index (κ2) is 10.8. The lowest BCUT2D eigenvalue weighted by atomic mass is 9.80. The molecule has 1 aliphatic carbocycles. The Balaban J connectivity index is 0.00000121. The Hall–Kier alpha value is -0.480. The van der Waals surface area contributed by atoms with Crippen LogP contribution >= 0.6 is 24.8 Å². The van der Waals surface area contributed by atoms with Gasteiger partial charge in [0, 0.05) is 51.0 Å². The molecule has 0 unspecified atom stereocenters. The van der Waals surface area contributed by atoms with Gasteiger partial charge in [0.1, 0.15) is 0 Å². The van der Waals surface area contributed by atoms with E-state index in [0.29, 0.717) is 6.04 Å². The third kappa shape index (κ3) is 5.07. The quantitative estimate of drug-likeness (QED) is 0.793. The van der Waals surface area contributed by atoms with E-state index in [-0.39, 0.29) is 24.8 Å². The molecule has 1 aromatic carbocycles. The standard InChI is InChI=1S/C21H33N3.2ClH/c1-2-6-18(7-3-1)21(24-16-12-22-13-17-24)19-8-10-20(11-9-19)23-14-4-5-15-23;;/h8-11,18,21-22H,1-7,12-17H2;2*1H/t21-;;/m0../s1. The Labute approximate surface area is 171 Å². The van der Waals surface area contributed by atoms with Crippen LogP contribution in [0.3, 0.4) is 0 Å². The van der Waals surface area contributed by atoms with Crippen LogP contribution in [-0.4, -0.2) is 44.2 Å².